The summed E-state index contributed by atoms with van der Waals surface area (Å²) in [6.07, 6.45) is 2.31. The lowest BCUT2D eigenvalue weighted by Crippen LogP contribution is -2.40. The maximum absolute atomic E-state index is 12.3. The zero-order chi connectivity index (χ0) is 19.1. The number of aliphatic carboxylic acids is 1. The molecule has 1 fully saturated rings. The summed E-state index contributed by atoms with van der Waals surface area (Å²) < 4.78 is 5.97. The Morgan fingerprint density at radius 3 is 1.93 bits per heavy atom. The quantitative estimate of drug-likeness (QED) is 0.785. The second-order valence-electron chi connectivity index (χ2n) is 6.97. The minimum atomic E-state index is -0.739. The van der Waals surface area contributed by atoms with Gasteiger partial charge in [0.05, 0.1) is 5.92 Å². The molecule has 3 rings (SSSR count). The Kier molecular flexibility index (Phi) is 6.60. The Bertz CT molecular complexity index is 700. The summed E-state index contributed by atoms with van der Waals surface area (Å²) in [4.78, 5) is 23.4. The minimum absolute atomic E-state index is 0.0311. The Labute approximate surface area is 159 Å². The second kappa shape index (κ2) is 9.33. The van der Waals surface area contributed by atoms with E-state index in [0.717, 1.165) is 11.1 Å². The van der Waals surface area contributed by atoms with Crippen LogP contribution in [-0.2, 0) is 14.3 Å². The lowest BCUT2D eigenvalue weighted by atomic mass is 9.86. The van der Waals surface area contributed by atoms with Crippen molar-refractivity contribution in [3.05, 3.63) is 71.8 Å². The van der Waals surface area contributed by atoms with Crippen LogP contribution in [-0.4, -0.2) is 29.6 Å². The van der Waals surface area contributed by atoms with Crippen molar-refractivity contribution in [2.45, 2.75) is 37.8 Å². The molecule has 0 bridgehead atoms. The molecule has 5 nitrogen and oxygen atoms in total. The molecule has 1 aliphatic rings. The molecule has 2 N–H and O–H groups in total. The van der Waals surface area contributed by atoms with Gasteiger partial charge >= 0.3 is 5.97 Å². The van der Waals surface area contributed by atoms with Gasteiger partial charge in [-0.1, -0.05) is 60.7 Å². The summed E-state index contributed by atoms with van der Waals surface area (Å²) in [6.45, 7) is -0.0344. The molecule has 142 valence electrons. The van der Waals surface area contributed by atoms with Gasteiger partial charge in [0.1, 0.15) is 12.7 Å². The van der Waals surface area contributed by atoms with Crippen LogP contribution < -0.4 is 5.32 Å². The van der Waals surface area contributed by atoms with Crippen LogP contribution in [0.4, 0.5) is 0 Å². The number of hydrogen-bond donors (Lipinski definition) is 2. The van der Waals surface area contributed by atoms with E-state index in [1.807, 2.05) is 60.7 Å². The van der Waals surface area contributed by atoms with Gasteiger partial charge in [0.25, 0.3) is 0 Å². The van der Waals surface area contributed by atoms with Crippen LogP contribution in [0.1, 0.15) is 42.9 Å². The molecule has 0 unspecified atom stereocenters. The van der Waals surface area contributed by atoms with Crippen LogP contribution in [0.2, 0.25) is 0 Å². The molecule has 1 amide bonds. The first-order valence-corrected chi connectivity index (χ1v) is 9.37. The van der Waals surface area contributed by atoms with E-state index in [9.17, 15) is 9.59 Å². The highest BCUT2D eigenvalue weighted by Gasteiger charge is 2.27. The van der Waals surface area contributed by atoms with Crippen molar-refractivity contribution >= 4 is 11.9 Å². The van der Waals surface area contributed by atoms with Crippen LogP contribution in [0.25, 0.3) is 0 Å². The molecule has 1 saturated carbocycles. The van der Waals surface area contributed by atoms with Gasteiger partial charge in [0.2, 0.25) is 5.91 Å². The number of carbonyl (C=O) groups excluding carboxylic acids is 1. The van der Waals surface area contributed by atoms with E-state index in [4.69, 9.17) is 9.84 Å². The highest BCUT2D eigenvalue weighted by atomic mass is 16.5. The maximum atomic E-state index is 12.3. The van der Waals surface area contributed by atoms with Gasteiger partial charge in [-0.2, -0.15) is 0 Å². The molecular formula is C22H25NO4. The van der Waals surface area contributed by atoms with E-state index in [-0.39, 0.29) is 30.6 Å². The Hall–Kier alpha value is -2.66. The number of nitrogens with one attached hydrogen (secondary N) is 1. The van der Waals surface area contributed by atoms with E-state index in [2.05, 4.69) is 5.32 Å². The molecule has 0 saturated heterocycles. The highest BCUT2D eigenvalue weighted by Crippen LogP contribution is 2.26. The number of carbonyl (C=O) groups is 2. The molecule has 2 aromatic rings. The minimum Gasteiger partial charge on any atom is -0.481 e. The average molecular weight is 367 g/mol. The lowest BCUT2D eigenvalue weighted by Gasteiger charge is -2.27. The third-order valence-corrected chi connectivity index (χ3v) is 5.03. The average Bonchev–Trinajstić information content (AvgIpc) is 2.70. The summed E-state index contributed by atoms with van der Waals surface area (Å²) in [7, 11) is 0. The van der Waals surface area contributed by atoms with Crippen molar-refractivity contribution in [3.63, 3.8) is 0 Å². The van der Waals surface area contributed by atoms with Gasteiger partial charge in [0, 0.05) is 6.04 Å². The molecular weight excluding hydrogens is 342 g/mol. The zero-order valence-corrected chi connectivity index (χ0v) is 15.2. The van der Waals surface area contributed by atoms with Crippen molar-refractivity contribution in [1.82, 2.24) is 5.32 Å². The van der Waals surface area contributed by atoms with E-state index in [1.54, 1.807) is 0 Å². The summed E-state index contributed by atoms with van der Waals surface area (Å²) in [6, 6.07) is 19.7. The molecule has 0 spiro atoms. The summed E-state index contributed by atoms with van der Waals surface area (Å²) in [5.74, 6) is -1.18. The Balaban J connectivity index is 1.56. The third kappa shape index (κ3) is 5.41. The number of hydrogen-bond acceptors (Lipinski definition) is 3. The van der Waals surface area contributed by atoms with Gasteiger partial charge < -0.3 is 15.2 Å². The van der Waals surface area contributed by atoms with Gasteiger partial charge in [-0.15, -0.1) is 0 Å². The van der Waals surface area contributed by atoms with Gasteiger partial charge in [-0.05, 0) is 36.8 Å². The maximum Gasteiger partial charge on any atom is 0.306 e. The monoisotopic (exact) mass is 367 g/mol. The predicted octanol–water partition coefficient (Wildman–Crippen LogP) is 3.55. The smallest absolute Gasteiger partial charge is 0.306 e. The van der Waals surface area contributed by atoms with Crippen molar-refractivity contribution in [2.75, 3.05) is 6.61 Å². The molecule has 5 heteroatoms. The van der Waals surface area contributed by atoms with Crippen molar-refractivity contribution in [1.29, 1.82) is 0 Å². The normalized spacial score (nSPS) is 19.6. The number of rotatable bonds is 7. The molecule has 27 heavy (non-hydrogen) atoms. The summed E-state index contributed by atoms with van der Waals surface area (Å²) >= 11 is 0. The van der Waals surface area contributed by atoms with E-state index < -0.39 is 5.97 Å². The van der Waals surface area contributed by atoms with Crippen molar-refractivity contribution in [3.8, 4) is 0 Å². The van der Waals surface area contributed by atoms with Crippen LogP contribution in [0.15, 0.2) is 60.7 Å². The number of benzene rings is 2. The lowest BCUT2D eigenvalue weighted by molar-refractivity contribution is -0.142. The Morgan fingerprint density at radius 1 is 0.926 bits per heavy atom. The van der Waals surface area contributed by atoms with Gasteiger partial charge in [0.15, 0.2) is 0 Å². The fraction of sp³-hybridized carbons (Fsp3) is 0.364. The van der Waals surface area contributed by atoms with Gasteiger partial charge in [-0.25, -0.2) is 0 Å². The van der Waals surface area contributed by atoms with E-state index in [1.165, 1.54) is 0 Å². The zero-order valence-electron chi connectivity index (χ0n) is 15.2. The standard InChI is InChI=1S/C22H25NO4/c24-20(23-19-13-11-18(12-14-19)22(25)26)15-27-21(16-7-3-1-4-8-16)17-9-5-2-6-10-17/h1-10,18-19,21H,11-15H2,(H,23,24)(H,25,26). The summed E-state index contributed by atoms with van der Waals surface area (Å²) in [5, 5.41) is 12.0. The van der Waals surface area contributed by atoms with Crippen molar-refractivity contribution < 1.29 is 19.4 Å². The highest BCUT2D eigenvalue weighted by molar-refractivity contribution is 5.77. The molecule has 2 aromatic carbocycles. The molecule has 0 aliphatic heterocycles. The van der Waals surface area contributed by atoms with Crippen LogP contribution in [0.3, 0.4) is 0 Å². The van der Waals surface area contributed by atoms with Crippen LogP contribution >= 0.6 is 0 Å². The van der Waals surface area contributed by atoms with Crippen molar-refractivity contribution in [2.24, 2.45) is 5.92 Å². The van der Waals surface area contributed by atoms with E-state index in [0.29, 0.717) is 25.7 Å². The predicted molar refractivity (Wildman–Crippen MR) is 102 cm³/mol. The van der Waals surface area contributed by atoms with E-state index >= 15 is 0 Å². The SMILES string of the molecule is O=C(COC(c1ccccc1)c1ccccc1)NC1CCC(C(=O)O)CC1. The summed E-state index contributed by atoms with van der Waals surface area (Å²) in [5.41, 5.74) is 2.00. The van der Waals surface area contributed by atoms with Crippen LogP contribution in [0.5, 0.6) is 0 Å². The fourth-order valence-corrected chi connectivity index (χ4v) is 3.55. The molecule has 0 radical (unpaired) electrons. The number of ether oxygens (including phenoxy) is 1. The fourth-order valence-electron chi connectivity index (χ4n) is 3.55. The number of carboxylic acid groups (broad SMARTS) is 1. The first kappa shape index (κ1) is 19.1. The molecule has 1 aliphatic carbocycles. The first-order valence-electron chi connectivity index (χ1n) is 9.37. The second-order valence-corrected chi connectivity index (χ2v) is 6.97. The third-order valence-electron chi connectivity index (χ3n) is 5.03. The van der Waals surface area contributed by atoms with Gasteiger partial charge in [-0.3, -0.25) is 9.59 Å². The molecule has 0 heterocycles. The van der Waals surface area contributed by atoms with Crippen LogP contribution in [0, 0.1) is 5.92 Å². The number of carboxylic acids is 1. The molecule has 0 atom stereocenters. The number of amides is 1. The molecule has 0 aromatic heterocycles. The first-order chi connectivity index (χ1) is 13.1. The topological polar surface area (TPSA) is 75.6 Å². The largest absolute Gasteiger partial charge is 0.481 e. The Morgan fingerprint density at radius 2 is 1.44 bits per heavy atom.